The predicted octanol–water partition coefficient (Wildman–Crippen LogP) is 5.56. The lowest BCUT2D eigenvalue weighted by atomic mass is 10.2. The van der Waals surface area contributed by atoms with E-state index in [1.165, 1.54) is 19.1 Å². The quantitative estimate of drug-likeness (QED) is 0.391. The van der Waals surface area contributed by atoms with Crippen LogP contribution in [0.25, 0.3) is 0 Å². The summed E-state index contributed by atoms with van der Waals surface area (Å²) >= 11 is 17.8. The van der Waals surface area contributed by atoms with Gasteiger partial charge in [-0.25, -0.2) is 13.6 Å². The van der Waals surface area contributed by atoms with Crippen molar-refractivity contribution >= 4 is 58.4 Å². The Hall–Kier alpha value is -2.22. The van der Waals surface area contributed by atoms with E-state index in [0.29, 0.717) is 10.7 Å². The van der Waals surface area contributed by atoms with Gasteiger partial charge in [-0.15, -0.1) is 0 Å². The molecule has 2 rings (SSSR count). The summed E-state index contributed by atoms with van der Waals surface area (Å²) in [6.45, 7) is 1.52. The number of anilines is 1. The van der Waals surface area contributed by atoms with Crippen LogP contribution in [-0.4, -0.2) is 17.9 Å². The number of rotatable bonds is 5. The molecule has 0 saturated carbocycles. The molecule has 0 aliphatic rings. The van der Waals surface area contributed by atoms with E-state index in [-0.39, 0.29) is 15.8 Å². The Morgan fingerprint density at radius 1 is 1.15 bits per heavy atom. The fraction of sp³-hybridized carbons (Fsp3) is 0.0625. The second-order valence-corrected chi connectivity index (χ2v) is 6.07. The van der Waals surface area contributed by atoms with Crippen LogP contribution < -0.4 is 5.43 Å². The maximum Gasteiger partial charge on any atom is 0.371 e. The van der Waals surface area contributed by atoms with E-state index in [0.717, 1.165) is 24.4 Å². The van der Waals surface area contributed by atoms with Gasteiger partial charge in [0.05, 0.1) is 27.7 Å². The van der Waals surface area contributed by atoms with E-state index < -0.39 is 23.2 Å². The van der Waals surface area contributed by atoms with E-state index in [9.17, 15) is 13.6 Å². The van der Waals surface area contributed by atoms with Crippen molar-refractivity contribution < 1.29 is 18.4 Å². The van der Waals surface area contributed by atoms with Crippen LogP contribution >= 0.6 is 34.8 Å². The lowest BCUT2D eigenvalue weighted by Gasteiger charge is -2.06. The molecule has 0 amide bonds. The van der Waals surface area contributed by atoms with Crippen molar-refractivity contribution in [1.82, 2.24) is 0 Å². The molecule has 5 nitrogen and oxygen atoms in total. The number of hydrogen-bond acceptors (Lipinski definition) is 5. The Morgan fingerprint density at radius 2 is 1.73 bits per heavy atom. The first-order valence-corrected chi connectivity index (χ1v) is 8.06. The third-order valence-electron chi connectivity index (χ3n) is 2.89. The van der Waals surface area contributed by atoms with E-state index in [4.69, 9.17) is 34.8 Å². The highest BCUT2D eigenvalue weighted by Crippen LogP contribution is 2.33. The third-order valence-corrected chi connectivity index (χ3v) is 3.71. The number of oxime groups is 1. The minimum absolute atomic E-state index is 0.248. The molecule has 136 valence electrons. The number of halogens is 5. The molecule has 0 radical (unpaired) electrons. The summed E-state index contributed by atoms with van der Waals surface area (Å²) in [5, 5.41) is 8.11. The molecule has 0 unspecified atom stereocenters. The average molecular weight is 421 g/mol. The van der Waals surface area contributed by atoms with Gasteiger partial charge in [-0.1, -0.05) is 46.0 Å². The first-order valence-electron chi connectivity index (χ1n) is 6.93. The number of nitrogens with one attached hydrogen (secondary N) is 1. The molecule has 2 aromatic rings. The topological polar surface area (TPSA) is 63.0 Å². The van der Waals surface area contributed by atoms with Gasteiger partial charge in [0.1, 0.15) is 17.2 Å². The Bertz CT molecular complexity index is 861. The third kappa shape index (κ3) is 5.14. The van der Waals surface area contributed by atoms with Gasteiger partial charge >= 0.3 is 5.97 Å². The van der Waals surface area contributed by atoms with Gasteiger partial charge in [0.2, 0.25) is 0 Å². The standard InChI is InChI=1S/C16H10Cl3F2N3O2/c1-8(23-24-15-10(18)5-9(17)6-11(15)19)7-22-26-16(25)14-12(20)3-2-4-13(14)21/h2-7,24H,1H3/b22-7-,23-8-. The van der Waals surface area contributed by atoms with Crippen molar-refractivity contribution in [1.29, 1.82) is 0 Å². The second-order valence-electron chi connectivity index (χ2n) is 4.82. The van der Waals surface area contributed by atoms with Gasteiger partial charge < -0.3 is 4.84 Å². The highest BCUT2D eigenvalue weighted by atomic mass is 35.5. The highest BCUT2D eigenvalue weighted by molar-refractivity contribution is 6.41. The number of benzene rings is 2. The first kappa shape index (κ1) is 20.1. The zero-order chi connectivity index (χ0) is 19.3. The van der Waals surface area contributed by atoms with Crippen LogP contribution in [0.5, 0.6) is 0 Å². The monoisotopic (exact) mass is 419 g/mol. The zero-order valence-electron chi connectivity index (χ0n) is 13.1. The van der Waals surface area contributed by atoms with Gasteiger partial charge in [0.25, 0.3) is 0 Å². The SMILES string of the molecule is CC(/C=N\OC(=O)c1c(F)cccc1F)=N/Nc1c(Cl)cc(Cl)cc1Cl. The molecule has 0 aromatic heterocycles. The van der Waals surface area contributed by atoms with E-state index in [2.05, 4.69) is 20.5 Å². The molecule has 0 bridgehead atoms. The number of hydrazone groups is 1. The fourth-order valence-electron chi connectivity index (χ4n) is 1.71. The van der Waals surface area contributed by atoms with Crippen LogP contribution in [0, 0.1) is 11.6 Å². The number of carbonyl (C=O) groups excluding carboxylic acids is 1. The van der Waals surface area contributed by atoms with Crippen LogP contribution in [0.1, 0.15) is 17.3 Å². The number of hydrogen-bond donors (Lipinski definition) is 1. The maximum atomic E-state index is 13.4. The Labute approximate surface area is 162 Å². The molecule has 26 heavy (non-hydrogen) atoms. The molecule has 0 aliphatic heterocycles. The Morgan fingerprint density at radius 3 is 2.31 bits per heavy atom. The van der Waals surface area contributed by atoms with Gasteiger partial charge in [0.15, 0.2) is 0 Å². The van der Waals surface area contributed by atoms with E-state index in [1.54, 1.807) is 0 Å². The molecule has 2 aromatic carbocycles. The second kappa shape index (κ2) is 8.93. The first-order chi connectivity index (χ1) is 12.3. The largest absolute Gasteiger partial charge is 0.371 e. The molecule has 0 saturated heterocycles. The van der Waals surface area contributed by atoms with Gasteiger partial charge in [0, 0.05) is 5.02 Å². The van der Waals surface area contributed by atoms with Gasteiger partial charge in [-0.2, -0.15) is 5.10 Å². The highest BCUT2D eigenvalue weighted by Gasteiger charge is 2.18. The lowest BCUT2D eigenvalue weighted by molar-refractivity contribution is 0.0508. The molecular weight excluding hydrogens is 411 g/mol. The minimum atomic E-state index is -1.28. The summed E-state index contributed by atoms with van der Waals surface area (Å²) in [6, 6.07) is 5.93. The predicted molar refractivity (Wildman–Crippen MR) is 98.5 cm³/mol. The van der Waals surface area contributed by atoms with Crippen molar-refractivity contribution in [3.05, 3.63) is 62.6 Å². The summed E-state index contributed by atoms with van der Waals surface area (Å²) in [5.41, 5.74) is 2.35. The lowest BCUT2D eigenvalue weighted by Crippen LogP contribution is -2.08. The van der Waals surface area contributed by atoms with E-state index >= 15 is 0 Å². The van der Waals surface area contributed by atoms with E-state index in [1.807, 2.05) is 0 Å². The average Bonchev–Trinajstić information content (AvgIpc) is 2.53. The zero-order valence-corrected chi connectivity index (χ0v) is 15.3. The molecule has 10 heteroatoms. The molecule has 0 spiro atoms. The molecule has 0 fully saturated rings. The normalized spacial score (nSPS) is 11.7. The summed E-state index contributed by atoms with van der Waals surface area (Å²) < 4.78 is 26.9. The number of nitrogens with zero attached hydrogens (tertiary/aromatic N) is 2. The van der Waals surface area contributed by atoms with Crippen molar-refractivity contribution in [2.75, 3.05) is 5.43 Å². The summed E-state index contributed by atoms with van der Waals surface area (Å²) in [4.78, 5) is 16.1. The summed E-state index contributed by atoms with van der Waals surface area (Å²) in [5.74, 6) is -3.38. The van der Waals surface area contributed by atoms with Crippen molar-refractivity contribution in [2.24, 2.45) is 10.3 Å². The molecule has 0 aliphatic carbocycles. The Kier molecular flexibility index (Phi) is 6.90. The molecular formula is C16H10Cl3F2N3O2. The van der Waals surface area contributed by atoms with Gasteiger partial charge in [-0.3, -0.25) is 5.43 Å². The fourth-order valence-corrected chi connectivity index (χ4v) is 2.61. The van der Waals surface area contributed by atoms with Crippen LogP contribution in [0.15, 0.2) is 40.6 Å². The summed E-state index contributed by atoms with van der Waals surface area (Å²) in [7, 11) is 0. The summed E-state index contributed by atoms with van der Waals surface area (Å²) in [6.07, 6.45) is 1.06. The number of carbonyl (C=O) groups is 1. The smallest absolute Gasteiger partial charge is 0.313 e. The van der Waals surface area contributed by atoms with Crippen molar-refractivity contribution in [2.45, 2.75) is 6.92 Å². The minimum Gasteiger partial charge on any atom is -0.313 e. The van der Waals surface area contributed by atoms with Crippen molar-refractivity contribution in [3.8, 4) is 0 Å². The molecule has 1 N–H and O–H groups in total. The van der Waals surface area contributed by atoms with Crippen LogP contribution in [-0.2, 0) is 4.84 Å². The molecule has 0 heterocycles. The van der Waals surface area contributed by atoms with Crippen molar-refractivity contribution in [3.63, 3.8) is 0 Å². The van der Waals surface area contributed by atoms with Crippen LogP contribution in [0.4, 0.5) is 14.5 Å². The van der Waals surface area contributed by atoms with Crippen LogP contribution in [0.2, 0.25) is 15.1 Å². The molecule has 0 atom stereocenters. The van der Waals surface area contributed by atoms with Crippen LogP contribution in [0.3, 0.4) is 0 Å². The maximum absolute atomic E-state index is 13.4. The van der Waals surface area contributed by atoms with Gasteiger partial charge in [-0.05, 0) is 31.2 Å². The Balaban J connectivity index is 2.02.